The van der Waals surface area contributed by atoms with Gasteiger partial charge in [-0.2, -0.15) is 0 Å². The number of carbonyl (C=O) groups is 2. The summed E-state index contributed by atoms with van der Waals surface area (Å²) in [6.07, 6.45) is -0.832. The molecule has 0 aliphatic heterocycles. The van der Waals surface area contributed by atoms with Crippen molar-refractivity contribution in [3.8, 4) is 0 Å². The fourth-order valence-electron chi connectivity index (χ4n) is 1.11. The van der Waals surface area contributed by atoms with Gasteiger partial charge in [0.2, 0.25) is 0 Å². The third-order valence-electron chi connectivity index (χ3n) is 1.81. The van der Waals surface area contributed by atoms with E-state index in [4.69, 9.17) is 19.7 Å². The van der Waals surface area contributed by atoms with Crippen molar-refractivity contribution >= 4 is 11.9 Å². The van der Waals surface area contributed by atoms with Crippen LogP contribution >= 0.6 is 0 Å². The lowest BCUT2D eigenvalue weighted by Crippen LogP contribution is -2.20. The highest BCUT2D eigenvalue weighted by atomic mass is 16.5. The summed E-state index contributed by atoms with van der Waals surface area (Å²) in [7, 11) is 0. The quantitative estimate of drug-likeness (QED) is 0.572. The van der Waals surface area contributed by atoms with Gasteiger partial charge >= 0.3 is 11.9 Å². The van der Waals surface area contributed by atoms with E-state index in [1.54, 1.807) is 13.8 Å². The molecular weight excluding hydrogens is 216 g/mol. The molecule has 0 heterocycles. The second-order valence-electron chi connectivity index (χ2n) is 3.56. The van der Waals surface area contributed by atoms with E-state index in [1.165, 1.54) is 0 Å². The minimum atomic E-state index is -0.910. The zero-order valence-corrected chi connectivity index (χ0v) is 9.51. The molecule has 0 aromatic heterocycles. The Labute approximate surface area is 94.2 Å². The number of rotatable bonds is 9. The van der Waals surface area contributed by atoms with E-state index in [9.17, 15) is 9.59 Å². The Hall–Kier alpha value is -1.14. The molecule has 2 N–H and O–H groups in total. The summed E-state index contributed by atoms with van der Waals surface area (Å²) in [5, 5.41) is 16.9. The number of ether oxygens (including phenoxy) is 2. The van der Waals surface area contributed by atoms with Gasteiger partial charge in [-0.1, -0.05) is 0 Å². The highest BCUT2D eigenvalue weighted by molar-refractivity contribution is 5.67. The molecule has 0 aromatic carbocycles. The van der Waals surface area contributed by atoms with Crippen LogP contribution in [0.4, 0.5) is 0 Å². The maximum Gasteiger partial charge on any atom is 0.305 e. The first-order valence-corrected chi connectivity index (χ1v) is 5.08. The van der Waals surface area contributed by atoms with Crippen molar-refractivity contribution in [1.82, 2.24) is 0 Å². The predicted molar refractivity (Wildman–Crippen MR) is 55.3 cm³/mol. The molecule has 0 spiro atoms. The molecule has 0 saturated carbocycles. The molecule has 0 rings (SSSR count). The average molecular weight is 234 g/mol. The molecule has 0 aliphatic carbocycles. The summed E-state index contributed by atoms with van der Waals surface area (Å²) in [6.45, 7) is 3.85. The number of hydrogen-bond acceptors (Lipinski definition) is 4. The average Bonchev–Trinajstić information content (AvgIpc) is 2.10. The Morgan fingerprint density at radius 3 is 1.50 bits per heavy atom. The molecule has 94 valence electrons. The maximum atomic E-state index is 10.3. The number of hydrogen-bond donors (Lipinski definition) is 2. The number of aliphatic carboxylic acids is 2. The molecular formula is C10H18O6. The standard InChI is InChI=1S/C10H18O6/c1-7(5-9(11)12)15-3-4-16-8(2)6-10(13)14/h7-8H,3-6H2,1-2H3,(H,11,12)(H,13,14). The fourth-order valence-corrected chi connectivity index (χ4v) is 1.11. The first kappa shape index (κ1) is 14.9. The molecule has 0 bridgehead atoms. The molecule has 0 aromatic rings. The van der Waals surface area contributed by atoms with Crippen LogP contribution in [-0.2, 0) is 19.1 Å². The Morgan fingerprint density at radius 1 is 0.938 bits per heavy atom. The summed E-state index contributed by atoms with van der Waals surface area (Å²) in [4.78, 5) is 20.6. The highest BCUT2D eigenvalue weighted by Gasteiger charge is 2.09. The van der Waals surface area contributed by atoms with Gasteiger partial charge in [0.15, 0.2) is 0 Å². The van der Waals surface area contributed by atoms with Gasteiger partial charge in [-0.3, -0.25) is 9.59 Å². The van der Waals surface area contributed by atoms with Crippen LogP contribution in [0.5, 0.6) is 0 Å². The lowest BCUT2D eigenvalue weighted by atomic mass is 10.3. The van der Waals surface area contributed by atoms with Crippen molar-refractivity contribution in [1.29, 1.82) is 0 Å². The van der Waals surface area contributed by atoms with Crippen molar-refractivity contribution in [2.75, 3.05) is 13.2 Å². The summed E-state index contributed by atoms with van der Waals surface area (Å²) >= 11 is 0. The first-order valence-electron chi connectivity index (χ1n) is 5.08. The SMILES string of the molecule is CC(CC(=O)O)OCCOC(C)CC(=O)O. The zero-order valence-electron chi connectivity index (χ0n) is 9.51. The minimum Gasteiger partial charge on any atom is -0.481 e. The Kier molecular flexibility index (Phi) is 7.49. The summed E-state index contributed by atoms with van der Waals surface area (Å²) in [6, 6.07) is 0. The van der Waals surface area contributed by atoms with Crippen LogP contribution in [0, 0.1) is 0 Å². The first-order chi connectivity index (χ1) is 7.41. The van der Waals surface area contributed by atoms with Crippen LogP contribution in [-0.4, -0.2) is 47.6 Å². The normalized spacial score (nSPS) is 14.4. The number of carboxylic acids is 2. The molecule has 16 heavy (non-hydrogen) atoms. The molecule has 0 radical (unpaired) electrons. The van der Waals surface area contributed by atoms with E-state index in [0.717, 1.165) is 0 Å². The van der Waals surface area contributed by atoms with Crippen molar-refractivity contribution < 1.29 is 29.3 Å². The van der Waals surface area contributed by atoms with Crippen molar-refractivity contribution in [3.05, 3.63) is 0 Å². The van der Waals surface area contributed by atoms with E-state index < -0.39 is 11.9 Å². The van der Waals surface area contributed by atoms with Gasteiger partial charge in [0.1, 0.15) is 0 Å². The summed E-state index contributed by atoms with van der Waals surface area (Å²) < 4.78 is 10.3. The second kappa shape index (κ2) is 8.06. The van der Waals surface area contributed by atoms with E-state index in [1.807, 2.05) is 0 Å². The molecule has 0 fully saturated rings. The predicted octanol–water partition coefficient (Wildman–Crippen LogP) is 0.746. The van der Waals surface area contributed by atoms with Gasteiger partial charge in [-0.15, -0.1) is 0 Å². The van der Waals surface area contributed by atoms with E-state index in [2.05, 4.69) is 0 Å². The lowest BCUT2D eigenvalue weighted by molar-refractivity contribution is -0.142. The van der Waals surface area contributed by atoms with Gasteiger partial charge < -0.3 is 19.7 Å². The van der Waals surface area contributed by atoms with Gasteiger partial charge in [0.05, 0.1) is 38.3 Å². The topological polar surface area (TPSA) is 93.1 Å². The van der Waals surface area contributed by atoms with Crippen LogP contribution in [0.15, 0.2) is 0 Å². The highest BCUT2D eigenvalue weighted by Crippen LogP contribution is 2.00. The second-order valence-corrected chi connectivity index (χ2v) is 3.56. The van der Waals surface area contributed by atoms with Crippen LogP contribution in [0.1, 0.15) is 26.7 Å². The molecule has 0 aliphatic rings. The Morgan fingerprint density at radius 2 is 1.25 bits per heavy atom. The minimum absolute atomic E-state index is 0.0509. The number of carboxylic acid groups (broad SMARTS) is 2. The summed E-state index contributed by atoms with van der Waals surface area (Å²) in [5.74, 6) is -1.82. The largest absolute Gasteiger partial charge is 0.481 e. The van der Waals surface area contributed by atoms with Gasteiger partial charge in [-0.05, 0) is 13.8 Å². The van der Waals surface area contributed by atoms with Gasteiger partial charge in [0.25, 0.3) is 0 Å². The zero-order chi connectivity index (χ0) is 12.6. The van der Waals surface area contributed by atoms with Crippen LogP contribution < -0.4 is 0 Å². The molecule has 0 saturated heterocycles. The maximum absolute atomic E-state index is 10.3. The lowest BCUT2D eigenvalue weighted by Gasteiger charge is -2.13. The Bertz CT molecular complexity index is 203. The third-order valence-corrected chi connectivity index (χ3v) is 1.81. The van der Waals surface area contributed by atoms with Crippen LogP contribution in [0.3, 0.4) is 0 Å². The molecule has 6 nitrogen and oxygen atoms in total. The van der Waals surface area contributed by atoms with Crippen LogP contribution in [0.2, 0.25) is 0 Å². The van der Waals surface area contributed by atoms with Gasteiger partial charge in [0, 0.05) is 0 Å². The smallest absolute Gasteiger partial charge is 0.305 e. The monoisotopic (exact) mass is 234 g/mol. The third kappa shape index (κ3) is 9.42. The van der Waals surface area contributed by atoms with Crippen LogP contribution in [0.25, 0.3) is 0 Å². The molecule has 6 heteroatoms. The van der Waals surface area contributed by atoms with Crippen molar-refractivity contribution in [2.24, 2.45) is 0 Å². The molecule has 2 atom stereocenters. The summed E-state index contributed by atoms with van der Waals surface area (Å²) in [5.41, 5.74) is 0. The fraction of sp³-hybridized carbons (Fsp3) is 0.800. The van der Waals surface area contributed by atoms with E-state index in [0.29, 0.717) is 0 Å². The van der Waals surface area contributed by atoms with Gasteiger partial charge in [-0.25, -0.2) is 0 Å². The van der Waals surface area contributed by atoms with Crippen molar-refractivity contribution in [2.45, 2.75) is 38.9 Å². The molecule has 2 unspecified atom stereocenters. The molecule has 0 amide bonds. The Balaban J connectivity index is 3.45. The van der Waals surface area contributed by atoms with E-state index in [-0.39, 0.29) is 38.3 Å². The van der Waals surface area contributed by atoms with Crippen molar-refractivity contribution in [3.63, 3.8) is 0 Å². The van der Waals surface area contributed by atoms with E-state index >= 15 is 0 Å².